The van der Waals surface area contributed by atoms with Gasteiger partial charge < -0.3 is 4.98 Å². The minimum absolute atomic E-state index is 0.00277. The summed E-state index contributed by atoms with van der Waals surface area (Å²) in [5.41, 5.74) is 8.29. The molecule has 0 radical (unpaired) electrons. The lowest BCUT2D eigenvalue weighted by molar-refractivity contribution is -0.121. The molecule has 0 aliphatic carbocycles. The number of H-pyrrole nitrogens is 1. The molecule has 2 aromatic carbocycles. The standard InChI is InChI=1S/C21H18FN5O2/c1-11-12(2)25-20-16(8-14(22)9-18(20)24-11)21(29)27-26-19(28)7-13-10-23-17-6-4-3-5-15(13)17/h3-6,8-10,23H,7H2,1-2H3,(H,26,28)(H,27,29). The summed E-state index contributed by atoms with van der Waals surface area (Å²) < 4.78 is 14.0. The van der Waals surface area contributed by atoms with Crippen molar-refractivity contribution in [2.24, 2.45) is 0 Å². The summed E-state index contributed by atoms with van der Waals surface area (Å²) in [7, 11) is 0. The number of hydrogen-bond acceptors (Lipinski definition) is 4. The first kappa shape index (κ1) is 18.5. The summed E-state index contributed by atoms with van der Waals surface area (Å²) in [6.07, 6.45) is 1.83. The molecule has 0 fully saturated rings. The van der Waals surface area contributed by atoms with Gasteiger partial charge >= 0.3 is 0 Å². The molecule has 0 aliphatic rings. The molecule has 0 atom stereocenters. The lowest BCUT2D eigenvalue weighted by Gasteiger charge is -2.10. The Morgan fingerprint density at radius 2 is 1.83 bits per heavy atom. The Morgan fingerprint density at radius 3 is 2.66 bits per heavy atom. The Bertz CT molecular complexity index is 1260. The van der Waals surface area contributed by atoms with Crippen LogP contribution in [0.15, 0.2) is 42.6 Å². The van der Waals surface area contributed by atoms with Crippen molar-refractivity contribution in [3.05, 3.63) is 70.9 Å². The fraction of sp³-hybridized carbons (Fsp3) is 0.143. The van der Waals surface area contributed by atoms with E-state index in [-0.39, 0.29) is 23.0 Å². The Labute approximate surface area is 165 Å². The molecule has 0 saturated carbocycles. The first-order valence-electron chi connectivity index (χ1n) is 9.01. The van der Waals surface area contributed by atoms with Gasteiger partial charge in [-0.2, -0.15) is 0 Å². The highest BCUT2D eigenvalue weighted by Gasteiger charge is 2.16. The van der Waals surface area contributed by atoms with Gasteiger partial charge in [0.25, 0.3) is 5.91 Å². The normalized spacial score (nSPS) is 11.0. The number of halogens is 1. The molecule has 4 aromatic rings. The highest BCUT2D eigenvalue weighted by molar-refractivity contribution is 6.05. The molecule has 2 aromatic heterocycles. The van der Waals surface area contributed by atoms with Crippen LogP contribution in [0.2, 0.25) is 0 Å². The van der Waals surface area contributed by atoms with Gasteiger partial charge in [-0.15, -0.1) is 0 Å². The summed E-state index contributed by atoms with van der Waals surface area (Å²) in [5.74, 6) is -1.67. The third-order valence-electron chi connectivity index (χ3n) is 4.73. The minimum atomic E-state index is -0.667. The maximum Gasteiger partial charge on any atom is 0.272 e. The van der Waals surface area contributed by atoms with Crippen LogP contribution in [0.1, 0.15) is 27.3 Å². The number of rotatable bonds is 3. The molecule has 0 saturated heterocycles. The summed E-state index contributed by atoms with van der Waals surface area (Å²) in [6, 6.07) is 9.92. The highest BCUT2D eigenvalue weighted by atomic mass is 19.1. The molecular formula is C21H18FN5O2. The number of para-hydroxylation sites is 1. The lowest BCUT2D eigenvalue weighted by Crippen LogP contribution is -2.42. The zero-order valence-electron chi connectivity index (χ0n) is 15.8. The molecule has 29 heavy (non-hydrogen) atoms. The largest absolute Gasteiger partial charge is 0.361 e. The van der Waals surface area contributed by atoms with E-state index in [4.69, 9.17) is 0 Å². The van der Waals surface area contributed by atoms with E-state index in [1.54, 1.807) is 20.0 Å². The molecule has 3 N–H and O–H groups in total. The average molecular weight is 391 g/mol. The SMILES string of the molecule is Cc1nc2cc(F)cc(C(=O)NNC(=O)Cc3c[nH]c4ccccc34)c2nc1C. The van der Waals surface area contributed by atoms with Crippen molar-refractivity contribution in [3.8, 4) is 0 Å². The molecule has 0 aliphatic heterocycles. The molecule has 0 unspecified atom stereocenters. The number of hydrogen-bond donors (Lipinski definition) is 3. The summed E-state index contributed by atoms with van der Waals surface area (Å²) >= 11 is 0. The maximum atomic E-state index is 14.0. The Morgan fingerprint density at radius 1 is 1.07 bits per heavy atom. The van der Waals surface area contributed by atoms with E-state index < -0.39 is 17.6 Å². The van der Waals surface area contributed by atoms with Gasteiger partial charge in [0, 0.05) is 23.2 Å². The van der Waals surface area contributed by atoms with E-state index in [0.29, 0.717) is 11.4 Å². The van der Waals surface area contributed by atoms with Crippen molar-refractivity contribution in [3.63, 3.8) is 0 Å². The quantitative estimate of drug-likeness (QED) is 0.468. The van der Waals surface area contributed by atoms with Crippen LogP contribution in [0.3, 0.4) is 0 Å². The maximum absolute atomic E-state index is 14.0. The number of aromatic nitrogens is 3. The minimum Gasteiger partial charge on any atom is -0.361 e. The van der Waals surface area contributed by atoms with E-state index >= 15 is 0 Å². The van der Waals surface area contributed by atoms with Crippen LogP contribution < -0.4 is 10.9 Å². The first-order chi connectivity index (χ1) is 13.9. The van der Waals surface area contributed by atoms with Crippen molar-refractivity contribution >= 4 is 33.8 Å². The predicted molar refractivity (Wildman–Crippen MR) is 107 cm³/mol. The molecular weight excluding hydrogens is 373 g/mol. The number of aryl methyl sites for hydroxylation is 2. The fourth-order valence-corrected chi connectivity index (χ4v) is 3.16. The van der Waals surface area contributed by atoms with Crippen LogP contribution in [0, 0.1) is 19.7 Å². The lowest BCUT2D eigenvalue weighted by atomic mass is 10.1. The van der Waals surface area contributed by atoms with Crippen LogP contribution in [0.25, 0.3) is 21.9 Å². The van der Waals surface area contributed by atoms with Gasteiger partial charge in [0.2, 0.25) is 5.91 Å². The second-order valence-electron chi connectivity index (χ2n) is 6.75. The molecule has 2 heterocycles. The smallest absolute Gasteiger partial charge is 0.272 e. The van der Waals surface area contributed by atoms with Crippen LogP contribution >= 0.6 is 0 Å². The first-order valence-corrected chi connectivity index (χ1v) is 9.01. The molecule has 2 amide bonds. The number of hydrazine groups is 1. The number of fused-ring (bicyclic) bond motifs is 2. The van der Waals surface area contributed by atoms with Crippen molar-refractivity contribution in [1.82, 2.24) is 25.8 Å². The van der Waals surface area contributed by atoms with Crippen LogP contribution in [0.5, 0.6) is 0 Å². The Balaban J connectivity index is 1.51. The zero-order valence-corrected chi connectivity index (χ0v) is 15.8. The van der Waals surface area contributed by atoms with E-state index in [1.165, 1.54) is 6.07 Å². The van der Waals surface area contributed by atoms with Gasteiger partial charge in [-0.1, -0.05) is 18.2 Å². The van der Waals surface area contributed by atoms with E-state index in [9.17, 15) is 14.0 Å². The van der Waals surface area contributed by atoms with Gasteiger partial charge in [-0.05, 0) is 31.5 Å². The molecule has 8 heteroatoms. The van der Waals surface area contributed by atoms with Gasteiger partial charge in [0.1, 0.15) is 11.3 Å². The third-order valence-corrected chi connectivity index (χ3v) is 4.73. The number of aromatic amines is 1. The second kappa shape index (κ2) is 7.31. The van der Waals surface area contributed by atoms with Gasteiger partial charge in [-0.25, -0.2) is 14.4 Å². The number of nitrogens with one attached hydrogen (secondary N) is 3. The Hall–Kier alpha value is -3.81. The van der Waals surface area contributed by atoms with Gasteiger partial charge in [0.15, 0.2) is 0 Å². The number of carbonyl (C=O) groups is 2. The number of nitrogens with zero attached hydrogens (tertiary/aromatic N) is 2. The summed E-state index contributed by atoms with van der Waals surface area (Å²) in [4.78, 5) is 36.6. The van der Waals surface area contributed by atoms with Crippen LogP contribution in [0.4, 0.5) is 4.39 Å². The number of carbonyl (C=O) groups excluding carboxylic acids is 2. The van der Waals surface area contributed by atoms with Crippen molar-refractivity contribution in [1.29, 1.82) is 0 Å². The van der Waals surface area contributed by atoms with E-state index in [1.807, 2.05) is 24.3 Å². The Kier molecular flexibility index (Phi) is 4.67. The van der Waals surface area contributed by atoms with Gasteiger partial charge in [0.05, 0.1) is 28.9 Å². The van der Waals surface area contributed by atoms with Crippen LogP contribution in [-0.4, -0.2) is 26.8 Å². The molecule has 7 nitrogen and oxygen atoms in total. The highest BCUT2D eigenvalue weighted by Crippen LogP contribution is 2.20. The topological polar surface area (TPSA) is 99.8 Å². The zero-order chi connectivity index (χ0) is 20.5. The summed E-state index contributed by atoms with van der Waals surface area (Å²) in [5, 5.41) is 0.936. The van der Waals surface area contributed by atoms with Crippen molar-refractivity contribution in [2.75, 3.05) is 0 Å². The number of amides is 2. The number of benzene rings is 2. The van der Waals surface area contributed by atoms with Gasteiger partial charge in [-0.3, -0.25) is 20.4 Å². The third kappa shape index (κ3) is 3.64. The molecule has 146 valence electrons. The predicted octanol–water partition coefficient (Wildman–Crippen LogP) is 2.87. The van der Waals surface area contributed by atoms with Crippen LogP contribution in [-0.2, 0) is 11.2 Å². The van der Waals surface area contributed by atoms with Crippen molar-refractivity contribution < 1.29 is 14.0 Å². The monoisotopic (exact) mass is 391 g/mol. The fourth-order valence-electron chi connectivity index (χ4n) is 3.16. The van der Waals surface area contributed by atoms with E-state index in [0.717, 1.165) is 22.5 Å². The second-order valence-corrected chi connectivity index (χ2v) is 6.75. The molecule has 0 bridgehead atoms. The van der Waals surface area contributed by atoms with E-state index in [2.05, 4.69) is 25.8 Å². The summed E-state index contributed by atoms with van der Waals surface area (Å²) in [6.45, 7) is 3.52. The molecule has 4 rings (SSSR count). The molecule has 0 spiro atoms. The van der Waals surface area contributed by atoms with Crippen molar-refractivity contribution in [2.45, 2.75) is 20.3 Å². The average Bonchev–Trinajstić information content (AvgIpc) is 3.10.